The Morgan fingerprint density at radius 1 is 1.43 bits per heavy atom. The van der Waals surface area contributed by atoms with E-state index in [1.807, 2.05) is 13.0 Å². The van der Waals surface area contributed by atoms with Crippen LogP contribution in [0.3, 0.4) is 0 Å². The van der Waals surface area contributed by atoms with Gasteiger partial charge in [-0.3, -0.25) is 0 Å². The average Bonchev–Trinajstić information content (AvgIpc) is 2.20. The van der Waals surface area contributed by atoms with Crippen LogP contribution < -0.4 is 11.1 Å². The van der Waals surface area contributed by atoms with Gasteiger partial charge in [0, 0.05) is 12.2 Å². The molecule has 0 spiro atoms. The summed E-state index contributed by atoms with van der Waals surface area (Å²) in [4.78, 5) is 4.24. The van der Waals surface area contributed by atoms with E-state index in [4.69, 9.17) is 5.73 Å². The molecule has 0 aliphatic carbocycles. The summed E-state index contributed by atoms with van der Waals surface area (Å²) in [6.45, 7) is 6.31. The molecule has 0 amide bonds. The summed E-state index contributed by atoms with van der Waals surface area (Å²) in [5.74, 6) is 0.818. The first-order valence-electron chi connectivity index (χ1n) is 5.16. The maximum Gasteiger partial charge on any atom is 0.149 e. The highest BCUT2D eigenvalue weighted by Gasteiger charge is 2.07. The molecule has 0 atom stereocenters. The summed E-state index contributed by atoms with van der Waals surface area (Å²) >= 11 is 0. The number of rotatable bonds is 4. The minimum atomic E-state index is 0.464. The van der Waals surface area contributed by atoms with Crippen LogP contribution in [-0.4, -0.2) is 11.0 Å². The molecule has 0 radical (unpaired) electrons. The zero-order chi connectivity index (χ0) is 10.6. The lowest BCUT2D eigenvalue weighted by molar-refractivity contribution is 0.669. The van der Waals surface area contributed by atoms with Crippen LogP contribution in [0.5, 0.6) is 0 Å². The zero-order valence-corrected chi connectivity index (χ0v) is 9.17. The maximum absolute atomic E-state index is 5.92. The van der Waals surface area contributed by atoms with Crippen LogP contribution in [0, 0.1) is 6.92 Å². The Morgan fingerprint density at radius 2 is 2.07 bits per heavy atom. The van der Waals surface area contributed by atoms with Crippen molar-refractivity contribution in [2.45, 2.75) is 39.7 Å². The lowest BCUT2D eigenvalue weighted by Crippen LogP contribution is -2.19. The van der Waals surface area contributed by atoms with E-state index in [1.54, 1.807) is 6.20 Å². The standard InChI is InChI=1S/C11H19N3/c1-4-9(5-2)14-11-10(12)8(3)6-7-13-11/h6-7,9H,4-5,12H2,1-3H3,(H,13,14). The number of nitrogens with two attached hydrogens (primary N) is 1. The predicted octanol–water partition coefficient (Wildman–Crippen LogP) is 2.57. The van der Waals surface area contributed by atoms with Gasteiger partial charge in [0.1, 0.15) is 5.82 Å². The van der Waals surface area contributed by atoms with Gasteiger partial charge in [-0.15, -0.1) is 0 Å². The molecule has 0 unspecified atom stereocenters. The van der Waals surface area contributed by atoms with Gasteiger partial charge in [0.15, 0.2) is 0 Å². The quantitative estimate of drug-likeness (QED) is 0.772. The number of aromatic nitrogens is 1. The number of hydrogen-bond acceptors (Lipinski definition) is 3. The summed E-state index contributed by atoms with van der Waals surface area (Å²) in [7, 11) is 0. The molecule has 78 valence electrons. The first kappa shape index (κ1) is 10.8. The number of hydrogen-bond donors (Lipinski definition) is 2. The summed E-state index contributed by atoms with van der Waals surface area (Å²) in [6.07, 6.45) is 3.97. The Morgan fingerprint density at radius 3 is 2.64 bits per heavy atom. The van der Waals surface area contributed by atoms with E-state index < -0.39 is 0 Å². The Balaban J connectivity index is 2.80. The van der Waals surface area contributed by atoms with Crippen LogP contribution in [0.1, 0.15) is 32.3 Å². The second kappa shape index (κ2) is 4.84. The lowest BCUT2D eigenvalue weighted by Gasteiger charge is -2.17. The topological polar surface area (TPSA) is 50.9 Å². The largest absolute Gasteiger partial charge is 0.396 e. The Hall–Kier alpha value is -1.25. The second-order valence-electron chi connectivity index (χ2n) is 3.55. The monoisotopic (exact) mass is 193 g/mol. The SMILES string of the molecule is CCC(CC)Nc1nccc(C)c1N. The second-order valence-corrected chi connectivity index (χ2v) is 3.55. The van der Waals surface area contributed by atoms with E-state index in [9.17, 15) is 0 Å². The molecule has 14 heavy (non-hydrogen) atoms. The molecule has 1 aromatic rings. The van der Waals surface area contributed by atoms with Crippen molar-refractivity contribution in [3.05, 3.63) is 17.8 Å². The van der Waals surface area contributed by atoms with Crippen molar-refractivity contribution < 1.29 is 0 Å². The van der Waals surface area contributed by atoms with Crippen molar-refractivity contribution in [3.8, 4) is 0 Å². The molecule has 0 fully saturated rings. The molecule has 3 heteroatoms. The third kappa shape index (κ3) is 2.37. The zero-order valence-electron chi connectivity index (χ0n) is 9.17. The molecule has 3 N–H and O–H groups in total. The van der Waals surface area contributed by atoms with Crippen LogP contribution in [0.25, 0.3) is 0 Å². The molecular formula is C11H19N3. The number of aryl methyl sites for hydroxylation is 1. The molecule has 0 aromatic carbocycles. The van der Waals surface area contributed by atoms with Gasteiger partial charge in [0.05, 0.1) is 5.69 Å². The van der Waals surface area contributed by atoms with Crippen LogP contribution in [-0.2, 0) is 0 Å². The first-order chi connectivity index (χ1) is 6.69. The van der Waals surface area contributed by atoms with E-state index in [0.717, 1.165) is 29.9 Å². The highest BCUT2D eigenvalue weighted by Crippen LogP contribution is 2.20. The summed E-state index contributed by atoms with van der Waals surface area (Å²) in [5, 5.41) is 3.35. The Kier molecular flexibility index (Phi) is 3.74. The summed E-state index contributed by atoms with van der Waals surface area (Å²) in [5.41, 5.74) is 7.76. The third-order valence-corrected chi connectivity index (χ3v) is 2.53. The van der Waals surface area contributed by atoms with Gasteiger partial charge in [0.2, 0.25) is 0 Å². The van der Waals surface area contributed by atoms with Gasteiger partial charge < -0.3 is 11.1 Å². The minimum absolute atomic E-state index is 0.464. The third-order valence-electron chi connectivity index (χ3n) is 2.53. The first-order valence-corrected chi connectivity index (χ1v) is 5.16. The van der Waals surface area contributed by atoms with E-state index >= 15 is 0 Å². The fourth-order valence-electron chi connectivity index (χ4n) is 1.37. The van der Waals surface area contributed by atoms with Crippen molar-refractivity contribution in [2.24, 2.45) is 0 Å². The van der Waals surface area contributed by atoms with Crippen molar-refractivity contribution in [3.63, 3.8) is 0 Å². The Labute approximate surface area is 85.7 Å². The van der Waals surface area contributed by atoms with Gasteiger partial charge >= 0.3 is 0 Å². The highest BCUT2D eigenvalue weighted by molar-refractivity contribution is 5.65. The number of pyridine rings is 1. The summed E-state index contributed by atoms with van der Waals surface area (Å²) in [6, 6.07) is 2.39. The lowest BCUT2D eigenvalue weighted by atomic mass is 10.1. The van der Waals surface area contributed by atoms with E-state index in [-0.39, 0.29) is 0 Å². The molecule has 0 saturated heterocycles. The molecular weight excluding hydrogens is 174 g/mol. The fourth-order valence-corrected chi connectivity index (χ4v) is 1.37. The molecule has 1 rings (SSSR count). The van der Waals surface area contributed by atoms with Crippen LogP contribution in [0.4, 0.5) is 11.5 Å². The maximum atomic E-state index is 5.92. The van der Waals surface area contributed by atoms with Crippen molar-refractivity contribution in [1.82, 2.24) is 4.98 Å². The Bertz CT molecular complexity index is 293. The van der Waals surface area contributed by atoms with Crippen LogP contribution in [0.2, 0.25) is 0 Å². The van der Waals surface area contributed by atoms with E-state index in [2.05, 4.69) is 24.1 Å². The highest BCUT2D eigenvalue weighted by atomic mass is 15.0. The average molecular weight is 193 g/mol. The fraction of sp³-hybridized carbons (Fsp3) is 0.545. The summed E-state index contributed by atoms with van der Waals surface area (Å²) < 4.78 is 0. The number of anilines is 2. The molecule has 1 aromatic heterocycles. The number of nitrogens with one attached hydrogen (secondary N) is 1. The van der Waals surface area contributed by atoms with Gasteiger partial charge in [-0.05, 0) is 31.4 Å². The molecule has 1 heterocycles. The van der Waals surface area contributed by atoms with Crippen LogP contribution >= 0.6 is 0 Å². The molecule has 3 nitrogen and oxygen atoms in total. The molecule has 0 aliphatic heterocycles. The van der Waals surface area contributed by atoms with E-state index in [1.165, 1.54) is 0 Å². The van der Waals surface area contributed by atoms with Gasteiger partial charge in [-0.2, -0.15) is 0 Å². The smallest absolute Gasteiger partial charge is 0.149 e. The van der Waals surface area contributed by atoms with Gasteiger partial charge in [-0.1, -0.05) is 13.8 Å². The van der Waals surface area contributed by atoms with Crippen molar-refractivity contribution in [2.75, 3.05) is 11.1 Å². The molecule has 0 aliphatic rings. The van der Waals surface area contributed by atoms with Crippen molar-refractivity contribution >= 4 is 11.5 Å². The van der Waals surface area contributed by atoms with Gasteiger partial charge in [0.25, 0.3) is 0 Å². The van der Waals surface area contributed by atoms with Crippen LogP contribution in [0.15, 0.2) is 12.3 Å². The predicted molar refractivity (Wildman–Crippen MR) is 61.4 cm³/mol. The number of nitrogen functional groups attached to an aromatic ring is 1. The van der Waals surface area contributed by atoms with Crippen molar-refractivity contribution in [1.29, 1.82) is 0 Å². The van der Waals surface area contributed by atoms with Gasteiger partial charge in [-0.25, -0.2) is 4.98 Å². The van der Waals surface area contributed by atoms with E-state index in [0.29, 0.717) is 6.04 Å². The number of nitrogens with zero attached hydrogens (tertiary/aromatic N) is 1. The normalized spacial score (nSPS) is 10.6. The molecule has 0 bridgehead atoms. The minimum Gasteiger partial charge on any atom is -0.396 e. The molecule has 0 saturated carbocycles.